The van der Waals surface area contributed by atoms with Gasteiger partial charge in [-0.1, -0.05) is 37.3 Å². The van der Waals surface area contributed by atoms with Crippen LogP contribution in [0.15, 0.2) is 42.6 Å². The average Bonchev–Trinajstić information content (AvgIpc) is 2.78. The molecule has 32 heavy (non-hydrogen) atoms. The van der Waals surface area contributed by atoms with E-state index in [1.54, 1.807) is 7.11 Å². The average molecular weight is 442 g/mol. The summed E-state index contributed by atoms with van der Waals surface area (Å²) in [4.78, 5) is 16.8. The molecule has 172 valence electrons. The molecule has 2 unspecified atom stereocenters. The number of hydrogen-bond donors (Lipinski definition) is 4. The molecular formula is C23H31N5O4. The van der Waals surface area contributed by atoms with Crippen molar-refractivity contribution in [2.75, 3.05) is 38.0 Å². The zero-order chi connectivity index (χ0) is 22.9. The molecule has 0 aliphatic carbocycles. The van der Waals surface area contributed by atoms with Crippen molar-refractivity contribution in [1.29, 1.82) is 5.41 Å². The number of urea groups is 1. The van der Waals surface area contributed by atoms with Crippen molar-refractivity contribution >= 4 is 23.4 Å². The number of nitrogens with two attached hydrogens (primary N) is 1. The molecule has 0 saturated carbocycles. The highest BCUT2D eigenvalue weighted by atomic mass is 16.5. The van der Waals surface area contributed by atoms with Gasteiger partial charge in [0.1, 0.15) is 11.9 Å². The molecule has 9 heteroatoms. The zero-order valence-corrected chi connectivity index (χ0v) is 18.5. The largest absolute Gasteiger partial charge is 0.474 e. The van der Waals surface area contributed by atoms with Gasteiger partial charge >= 0.3 is 6.03 Å². The molecule has 2 heterocycles. The number of carbonyl (C=O) groups is 1. The predicted octanol–water partition coefficient (Wildman–Crippen LogP) is 3.33. The van der Waals surface area contributed by atoms with Crippen LogP contribution in [0.1, 0.15) is 36.9 Å². The van der Waals surface area contributed by atoms with E-state index in [1.165, 1.54) is 12.3 Å². The topological polar surface area (TPSA) is 132 Å². The minimum Gasteiger partial charge on any atom is -0.474 e. The van der Waals surface area contributed by atoms with Crippen LogP contribution in [0, 0.1) is 11.3 Å². The van der Waals surface area contributed by atoms with Gasteiger partial charge < -0.3 is 25.3 Å². The number of nitrogens with one attached hydrogen (secondary N) is 3. The van der Waals surface area contributed by atoms with E-state index < -0.39 is 6.03 Å². The Morgan fingerprint density at radius 2 is 2.16 bits per heavy atom. The number of nitrogens with zero attached hydrogens (tertiary/aromatic N) is 1. The Labute approximate surface area is 188 Å². The number of ether oxygens (including phenoxy) is 3. The minimum atomic E-state index is -0.406. The SMILES string of the molecule is COCC[C@@H](NC(=O)Nc1cc(N)c(C(=N)OC2CCOCC2C)cn1)c1ccccc1. The Hall–Kier alpha value is -3.17. The molecule has 2 amide bonds. The van der Waals surface area contributed by atoms with Gasteiger partial charge in [-0.2, -0.15) is 0 Å². The van der Waals surface area contributed by atoms with Crippen molar-refractivity contribution in [2.45, 2.75) is 31.9 Å². The van der Waals surface area contributed by atoms with Gasteiger partial charge in [0.15, 0.2) is 0 Å². The Bertz CT molecular complexity index is 909. The van der Waals surface area contributed by atoms with E-state index in [-0.39, 0.29) is 29.8 Å². The fraction of sp³-hybridized carbons (Fsp3) is 0.435. The summed E-state index contributed by atoms with van der Waals surface area (Å²) in [5, 5.41) is 13.9. The number of rotatable bonds is 8. The van der Waals surface area contributed by atoms with Crippen molar-refractivity contribution in [3.63, 3.8) is 0 Å². The van der Waals surface area contributed by atoms with Crippen LogP contribution in [0.3, 0.4) is 0 Å². The number of carbonyl (C=O) groups excluding carboxylic acids is 1. The maximum absolute atomic E-state index is 12.6. The standard InChI is InChI=1S/C23H31N5O4/c1-15-14-31-11-9-20(15)32-22(25)17-13-26-21(12-18(17)24)28-23(29)27-19(8-10-30-2)16-6-4-3-5-7-16/h3-7,12-13,15,19-20,25H,8-11,14H2,1-2H3,(H4,24,26,27,28,29)/t15?,19-,20?/m1/s1. The van der Waals surface area contributed by atoms with E-state index in [2.05, 4.69) is 15.6 Å². The van der Waals surface area contributed by atoms with Crippen LogP contribution in [0.25, 0.3) is 0 Å². The highest BCUT2D eigenvalue weighted by Gasteiger charge is 2.25. The molecular weight excluding hydrogens is 410 g/mol. The summed E-state index contributed by atoms with van der Waals surface area (Å²) in [6.07, 6.45) is 2.70. The molecule has 1 saturated heterocycles. The minimum absolute atomic E-state index is 0.0338. The van der Waals surface area contributed by atoms with Gasteiger partial charge in [0.05, 0.1) is 24.8 Å². The number of hydrogen-bond acceptors (Lipinski definition) is 7. The second-order valence-electron chi connectivity index (χ2n) is 7.83. The molecule has 1 aromatic heterocycles. The Kier molecular flexibility index (Phi) is 8.41. The van der Waals surface area contributed by atoms with Crippen LogP contribution in [0.2, 0.25) is 0 Å². The molecule has 1 aliphatic rings. The summed E-state index contributed by atoms with van der Waals surface area (Å²) >= 11 is 0. The quantitative estimate of drug-likeness (QED) is 0.367. The van der Waals surface area contributed by atoms with E-state index in [9.17, 15) is 4.79 Å². The lowest BCUT2D eigenvalue weighted by Gasteiger charge is -2.29. The number of pyridine rings is 1. The number of nitrogen functional groups attached to an aromatic ring is 1. The molecule has 3 rings (SSSR count). The van der Waals surface area contributed by atoms with Crippen LogP contribution in [0.5, 0.6) is 0 Å². The third kappa shape index (κ3) is 6.41. The number of amides is 2. The summed E-state index contributed by atoms with van der Waals surface area (Å²) in [5.41, 5.74) is 7.79. The van der Waals surface area contributed by atoms with Gasteiger partial charge in [0.25, 0.3) is 0 Å². The molecule has 0 spiro atoms. The van der Waals surface area contributed by atoms with Crippen LogP contribution in [0.4, 0.5) is 16.3 Å². The van der Waals surface area contributed by atoms with E-state index in [0.717, 1.165) is 12.0 Å². The lowest BCUT2D eigenvalue weighted by Crippen LogP contribution is -2.34. The van der Waals surface area contributed by atoms with Crippen LogP contribution >= 0.6 is 0 Å². The first-order chi connectivity index (χ1) is 15.5. The number of aromatic nitrogens is 1. The van der Waals surface area contributed by atoms with Gasteiger partial charge in [0, 0.05) is 44.0 Å². The first-order valence-corrected chi connectivity index (χ1v) is 10.7. The fourth-order valence-electron chi connectivity index (χ4n) is 3.53. The van der Waals surface area contributed by atoms with Crippen molar-refractivity contribution in [3.8, 4) is 0 Å². The molecule has 1 fully saturated rings. The molecule has 0 radical (unpaired) electrons. The molecule has 1 aliphatic heterocycles. The normalized spacial score (nSPS) is 19.1. The molecule has 0 bridgehead atoms. The van der Waals surface area contributed by atoms with Gasteiger partial charge in [-0.25, -0.2) is 9.78 Å². The summed E-state index contributed by atoms with van der Waals surface area (Å²) < 4.78 is 16.4. The predicted molar refractivity (Wildman–Crippen MR) is 123 cm³/mol. The summed E-state index contributed by atoms with van der Waals surface area (Å²) in [7, 11) is 1.63. The Balaban J connectivity index is 1.61. The third-order valence-corrected chi connectivity index (χ3v) is 5.37. The van der Waals surface area contributed by atoms with Crippen molar-refractivity contribution in [3.05, 3.63) is 53.7 Å². The van der Waals surface area contributed by atoms with E-state index >= 15 is 0 Å². The second kappa shape index (κ2) is 11.4. The number of methoxy groups -OCH3 is 1. The Morgan fingerprint density at radius 3 is 2.84 bits per heavy atom. The zero-order valence-electron chi connectivity index (χ0n) is 18.5. The van der Waals surface area contributed by atoms with Crippen molar-refractivity contribution < 1.29 is 19.0 Å². The van der Waals surface area contributed by atoms with E-state index in [4.69, 9.17) is 25.4 Å². The van der Waals surface area contributed by atoms with E-state index in [1.807, 2.05) is 37.3 Å². The monoisotopic (exact) mass is 441 g/mol. The van der Waals surface area contributed by atoms with Crippen LogP contribution in [-0.4, -0.2) is 49.9 Å². The molecule has 2 aromatic rings. The smallest absolute Gasteiger partial charge is 0.320 e. The molecule has 5 N–H and O–H groups in total. The summed E-state index contributed by atoms with van der Waals surface area (Å²) in [6, 6.07) is 10.6. The van der Waals surface area contributed by atoms with Crippen LogP contribution in [-0.2, 0) is 14.2 Å². The first-order valence-electron chi connectivity index (χ1n) is 10.7. The summed E-state index contributed by atoms with van der Waals surface area (Å²) in [5.74, 6) is 0.446. The van der Waals surface area contributed by atoms with E-state index in [0.29, 0.717) is 37.5 Å². The third-order valence-electron chi connectivity index (χ3n) is 5.37. The number of anilines is 2. The van der Waals surface area contributed by atoms with Gasteiger partial charge in [-0.3, -0.25) is 10.7 Å². The molecule has 9 nitrogen and oxygen atoms in total. The van der Waals surface area contributed by atoms with Crippen molar-refractivity contribution in [2.24, 2.45) is 5.92 Å². The lowest BCUT2D eigenvalue weighted by molar-refractivity contribution is -0.0217. The lowest BCUT2D eigenvalue weighted by atomic mass is 10.0. The van der Waals surface area contributed by atoms with Gasteiger partial charge in [-0.05, 0) is 12.0 Å². The highest BCUT2D eigenvalue weighted by molar-refractivity contribution is 5.98. The molecule has 1 aromatic carbocycles. The van der Waals surface area contributed by atoms with Crippen LogP contribution < -0.4 is 16.4 Å². The highest BCUT2D eigenvalue weighted by Crippen LogP contribution is 2.22. The molecule has 3 atom stereocenters. The first kappa shape index (κ1) is 23.5. The Morgan fingerprint density at radius 1 is 1.38 bits per heavy atom. The van der Waals surface area contributed by atoms with Gasteiger partial charge in [0.2, 0.25) is 5.90 Å². The maximum atomic E-state index is 12.6. The van der Waals surface area contributed by atoms with Crippen molar-refractivity contribution in [1.82, 2.24) is 10.3 Å². The number of benzene rings is 1. The van der Waals surface area contributed by atoms with Gasteiger partial charge in [-0.15, -0.1) is 0 Å². The summed E-state index contributed by atoms with van der Waals surface area (Å²) in [6.45, 7) is 3.76. The second-order valence-corrected chi connectivity index (χ2v) is 7.83. The fourth-order valence-corrected chi connectivity index (χ4v) is 3.53. The maximum Gasteiger partial charge on any atom is 0.320 e.